The van der Waals surface area contributed by atoms with E-state index < -0.39 is 0 Å². The summed E-state index contributed by atoms with van der Waals surface area (Å²) in [5.41, 5.74) is 3.33. The van der Waals surface area contributed by atoms with Crippen molar-refractivity contribution in [3.63, 3.8) is 0 Å². The van der Waals surface area contributed by atoms with Crippen LogP contribution in [0.4, 0.5) is 11.8 Å². The fourth-order valence-corrected chi connectivity index (χ4v) is 4.29. The lowest BCUT2D eigenvalue weighted by atomic mass is 9.95. The summed E-state index contributed by atoms with van der Waals surface area (Å²) in [7, 11) is 0. The van der Waals surface area contributed by atoms with E-state index in [0.29, 0.717) is 32.3 Å². The summed E-state index contributed by atoms with van der Waals surface area (Å²) in [6.07, 6.45) is 6.12. The molecule has 8 nitrogen and oxygen atoms in total. The van der Waals surface area contributed by atoms with Crippen LogP contribution < -0.4 is 15.5 Å². The minimum atomic E-state index is 0.0480. The lowest BCUT2D eigenvalue weighted by Crippen LogP contribution is -2.41. The number of nitrogens with one attached hydrogen (secondary N) is 2. The monoisotopic (exact) mass is 462 g/mol. The molecule has 1 amide bonds. The van der Waals surface area contributed by atoms with Crippen LogP contribution >= 0.6 is 0 Å². The lowest BCUT2D eigenvalue weighted by Gasteiger charge is -2.32. The van der Waals surface area contributed by atoms with Crippen molar-refractivity contribution in [3.8, 4) is 0 Å². The van der Waals surface area contributed by atoms with Gasteiger partial charge in [-0.05, 0) is 50.3 Å². The molecule has 1 aliphatic heterocycles. The van der Waals surface area contributed by atoms with E-state index >= 15 is 0 Å². The molecule has 3 heterocycles. The molecule has 0 aliphatic carbocycles. The third-order valence-corrected chi connectivity index (χ3v) is 6.32. The maximum atomic E-state index is 12.5. The molecule has 2 aromatic heterocycles. The number of amides is 1. The SMILES string of the molecule is CCOCCCNC(=O)C1CCN(c2nccc3nc(NCc4ccccc4C)ncc23)CC1. The molecule has 0 saturated carbocycles. The topological polar surface area (TPSA) is 92.3 Å². The number of fused-ring (bicyclic) bond motifs is 1. The van der Waals surface area contributed by atoms with Gasteiger partial charge in [-0.15, -0.1) is 0 Å². The standard InChI is InChI=1S/C26H34N6O2/c1-3-34-16-6-12-28-25(33)20-10-14-32(15-11-20)24-22-18-30-26(31-23(22)9-13-27-24)29-17-21-8-5-4-7-19(21)2/h4-5,7-9,13,18,20H,3,6,10-12,14-17H2,1-2H3,(H,28,33)(H,29,30,31). The summed E-state index contributed by atoms with van der Waals surface area (Å²) in [4.78, 5) is 28.6. The molecule has 3 aromatic rings. The smallest absolute Gasteiger partial charge is 0.223 e. The van der Waals surface area contributed by atoms with Crippen LogP contribution in [0.2, 0.25) is 0 Å². The highest BCUT2D eigenvalue weighted by Crippen LogP contribution is 2.28. The second kappa shape index (κ2) is 11.7. The van der Waals surface area contributed by atoms with Gasteiger partial charge < -0.3 is 20.3 Å². The Kier molecular flexibility index (Phi) is 8.25. The van der Waals surface area contributed by atoms with Crippen LogP contribution in [0.25, 0.3) is 10.9 Å². The molecule has 1 saturated heterocycles. The maximum Gasteiger partial charge on any atom is 0.223 e. The quantitative estimate of drug-likeness (QED) is 0.444. The van der Waals surface area contributed by atoms with Gasteiger partial charge in [-0.1, -0.05) is 24.3 Å². The summed E-state index contributed by atoms with van der Waals surface area (Å²) in [6, 6.07) is 10.2. The number of hydrogen-bond acceptors (Lipinski definition) is 7. The fourth-order valence-electron chi connectivity index (χ4n) is 4.29. The van der Waals surface area contributed by atoms with Gasteiger partial charge in [0.1, 0.15) is 5.82 Å². The third-order valence-electron chi connectivity index (χ3n) is 6.32. The Morgan fingerprint density at radius 2 is 2.00 bits per heavy atom. The van der Waals surface area contributed by atoms with E-state index in [-0.39, 0.29) is 11.8 Å². The zero-order chi connectivity index (χ0) is 23.8. The maximum absolute atomic E-state index is 12.5. The van der Waals surface area contributed by atoms with Gasteiger partial charge in [0.25, 0.3) is 0 Å². The molecule has 8 heteroatoms. The van der Waals surface area contributed by atoms with Gasteiger partial charge in [-0.2, -0.15) is 0 Å². The molecule has 1 aliphatic rings. The minimum absolute atomic E-state index is 0.0480. The first-order chi connectivity index (χ1) is 16.7. The summed E-state index contributed by atoms with van der Waals surface area (Å²) < 4.78 is 5.33. The normalized spacial score (nSPS) is 14.4. The number of carbonyl (C=O) groups is 1. The van der Waals surface area contributed by atoms with Gasteiger partial charge >= 0.3 is 0 Å². The molecule has 1 fully saturated rings. The zero-order valence-corrected chi connectivity index (χ0v) is 20.1. The molecule has 34 heavy (non-hydrogen) atoms. The van der Waals surface area contributed by atoms with Crippen molar-refractivity contribution < 1.29 is 9.53 Å². The molecule has 180 valence electrons. The van der Waals surface area contributed by atoms with Crippen molar-refractivity contribution in [2.24, 2.45) is 5.92 Å². The number of piperidine rings is 1. The van der Waals surface area contributed by atoms with Crippen LogP contribution in [-0.2, 0) is 16.1 Å². The summed E-state index contributed by atoms with van der Waals surface area (Å²) in [5, 5.41) is 7.31. The highest BCUT2D eigenvalue weighted by Gasteiger charge is 2.26. The number of carbonyl (C=O) groups excluding carboxylic acids is 1. The van der Waals surface area contributed by atoms with Crippen molar-refractivity contribution in [1.82, 2.24) is 20.3 Å². The van der Waals surface area contributed by atoms with E-state index in [2.05, 4.69) is 44.6 Å². The van der Waals surface area contributed by atoms with Crippen molar-refractivity contribution in [2.45, 2.75) is 39.7 Å². The van der Waals surface area contributed by atoms with E-state index in [4.69, 9.17) is 9.72 Å². The zero-order valence-electron chi connectivity index (χ0n) is 20.1. The highest BCUT2D eigenvalue weighted by atomic mass is 16.5. The Morgan fingerprint density at radius 1 is 1.18 bits per heavy atom. The van der Waals surface area contributed by atoms with Crippen LogP contribution in [0, 0.1) is 12.8 Å². The van der Waals surface area contributed by atoms with Crippen LogP contribution in [0.5, 0.6) is 0 Å². The summed E-state index contributed by atoms with van der Waals surface area (Å²) in [5.74, 6) is 1.69. The average Bonchev–Trinajstić information content (AvgIpc) is 2.87. The summed E-state index contributed by atoms with van der Waals surface area (Å²) in [6.45, 7) is 8.40. The van der Waals surface area contributed by atoms with E-state index in [1.807, 2.05) is 31.3 Å². The van der Waals surface area contributed by atoms with Crippen LogP contribution in [-0.4, -0.2) is 53.7 Å². The number of aryl methyl sites for hydroxylation is 1. The molecule has 4 rings (SSSR count). The highest BCUT2D eigenvalue weighted by molar-refractivity contribution is 5.89. The van der Waals surface area contributed by atoms with Gasteiger partial charge in [0, 0.05) is 57.7 Å². The first-order valence-electron chi connectivity index (χ1n) is 12.2. The number of benzene rings is 1. The molecule has 0 bridgehead atoms. The van der Waals surface area contributed by atoms with Crippen molar-refractivity contribution in [1.29, 1.82) is 0 Å². The predicted molar refractivity (Wildman–Crippen MR) is 135 cm³/mol. The number of rotatable bonds is 10. The second-order valence-electron chi connectivity index (χ2n) is 8.64. The Hall–Kier alpha value is -3.26. The van der Waals surface area contributed by atoms with Gasteiger partial charge in [-0.25, -0.2) is 15.0 Å². The average molecular weight is 463 g/mol. The van der Waals surface area contributed by atoms with Gasteiger partial charge in [0.15, 0.2) is 0 Å². The van der Waals surface area contributed by atoms with Gasteiger partial charge in [0.2, 0.25) is 11.9 Å². The number of nitrogens with zero attached hydrogens (tertiary/aromatic N) is 4. The molecule has 1 aromatic carbocycles. The van der Waals surface area contributed by atoms with E-state index in [1.165, 1.54) is 11.1 Å². The van der Waals surface area contributed by atoms with E-state index in [0.717, 1.165) is 49.1 Å². The van der Waals surface area contributed by atoms with Gasteiger partial charge in [0.05, 0.1) is 10.9 Å². The molecule has 0 unspecified atom stereocenters. The van der Waals surface area contributed by atoms with Crippen LogP contribution in [0.1, 0.15) is 37.3 Å². The third kappa shape index (κ3) is 5.99. The number of ether oxygens (including phenoxy) is 1. The van der Waals surface area contributed by atoms with Crippen LogP contribution in [0.15, 0.2) is 42.7 Å². The number of hydrogen-bond donors (Lipinski definition) is 2. The lowest BCUT2D eigenvalue weighted by molar-refractivity contribution is -0.125. The first kappa shape index (κ1) is 23.9. The molecule has 2 N–H and O–H groups in total. The number of anilines is 2. The predicted octanol–water partition coefficient (Wildman–Crippen LogP) is 3.70. The minimum Gasteiger partial charge on any atom is -0.382 e. The van der Waals surface area contributed by atoms with Crippen molar-refractivity contribution >= 4 is 28.6 Å². The summed E-state index contributed by atoms with van der Waals surface area (Å²) >= 11 is 0. The Morgan fingerprint density at radius 3 is 2.79 bits per heavy atom. The number of aromatic nitrogens is 3. The largest absolute Gasteiger partial charge is 0.382 e. The van der Waals surface area contributed by atoms with Crippen LogP contribution in [0.3, 0.4) is 0 Å². The van der Waals surface area contributed by atoms with Crippen molar-refractivity contribution in [2.75, 3.05) is 43.1 Å². The van der Waals surface area contributed by atoms with E-state index in [9.17, 15) is 4.79 Å². The molecule has 0 spiro atoms. The fraction of sp³-hybridized carbons (Fsp3) is 0.462. The van der Waals surface area contributed by atoms with Crippen molar-refractivity contribution in [3.05, 3.63) is 53.9 Å². The Bertz CT molecular complexity index is 1100. The number of pyridine rings is 1. The Labute approximate surface area is 201 Å². The Balaban J connectivity index is 1.34. The first-order valence-corrected chi connectivity index (χ1v) is 12.2. The molecule has 0 atom stereocenters. The van der Waals surface area contributed by atoms with Gasteiger partial charge in [-0.3, -0.25) is 4.79 Å². The second-order valence-corrected chi connectivity index (χ2v) is 8.64. The molecule has 0 radical (unpaired) electrons. The molecular formula is C26H34N6O2. The van der Waals surface area contributed by atoms with E-state index in [1.54, 1.807) is 6.20 Å². The molecular weight excluding hydrogens is 428 g/mol.